The van der Waals surface area contributed by atoms with Gasteiger partial charge in [0, 0.05) is 11.6 Å². The Labute approximate surface area is 143 Å². The molecule has 0 radical (unpaired) electrons. The molecule has 126 valence electrons. The molecule has 0 spiro atoms. The molecule has 0 aliphatic carbocycles. The van der Waals surface area contributed by atoms with Gasteiger partial charge in [-0.2, -0.15) is 0 Å². The third-order valence-electron chi connectivity index (χ3n) is 3.44. The molecule has 0 bridgehead atoms. The molecule has 0 fully saturated rings. The maximum Gasteiger partial charge on any atom is 0.349 e. The van der Waals surface area contributed by atoms with Crippen molar-refractivity contribution in [1.29, 1.82) is 0 Å². The van der Waals surface area contributed by atoms with Crippen LogP contribution in [0, 0.1) is 11.6 Å². The minimum Gasteiger partial charge on any atom is -0.481 e. The molecule has 3 nitrogen and oxygen atoms in total. The number of halogens is 2. The summed E-state index contributed by atoms with van der Waals surface area (Å²) in [6.07, 6.45) is 0. The summed E-state index contributed by atoms with van der Waals surface area (Å²) >= 11 is 0. The second kappa shape index (κ2) is 7.57. The van der Waals surface area contributed by atoms with Crippen LogP contribution in [0.1, 0.15) is 0 Å². The first-order valence-electron chi connectivity index (χ1n) is 7.56. The van der Waals surface area contributed by atoms with Crippen LogP contribution in [0.5, 0.6) is 11.5 Å². The quantitative estimate of drug-likeness (QED) is 0.502. The molecule has 3 rings (SSSR count). The van der Waals surface area contributed by atoms with Crippen LogP contribution in [0.15, 0.2) is 72.8 Å². The zero-order chi connectivity index (χ0) is 17.6. The van der Waals surface area contributed by atoms with Gasteiger partial charge in [0.25, 0.3) is 0 Å². The third-order valence-corrected chi connectivity index (χ3v) is 3.44. The van der Waals surface area contributed by atoms with E-state index in [4.69, 9.17) is 9.47 Å². The van der Waals surface area contributed by atoms with Crippen LogP contribution in [-0.2, 0) is 4.79 Å². The molecule has 0 N–H and O–H groups in total. The second-order valence-corrected chi connectivity index (χ2v) is 5.20. The number of carbonyl (C=O) groups is 1. The van der Waals surface area contributed by atoms with Crippen LogP contribution >= 0.6 is 0 Å². The van der Waals surface area contributed by atoms with Gasteiger partial charge in [0.15, 0.2) is 18.2 Å². The third kappa shape index (κ3) is 4.20. The Morgan fingerprint density at radius 2 is 1.56 bits per heavy atom. The van der Waals surface area contributed by atoms with Gasteiger partial charge >= 0.3 is 5.97 Å². The van der Waals surface area contributed by atoms with Crippen LogP contribution in [-0.4, -0.2) is 12.6 Å². The highest BCUT2D eigenvalue weighted by Crippen LogP contribution is 2.29. The summed E-state index contributed by atoms with van der Waals surface area (Å²) in [6.45, 7) is -0.358. The minimum absolute atomic E-state index is 0.0798. The predicted octanol–water partition coefficient (Wildman–Crippen LogP) is 4.62. The van der Waals surface area contributed by atoms with Gasteiger partial charge in [-0.15, -0.1) is 0 Å². The largest absolute Gasteiger partial charge is 0.481 e. The Kier molecular flexibility index (Phi) is 5.04. The number of ether oxygens (including phenoxy) is 2. The standard InChI is InChI=1S/C20H14F2O3/c21-17-11-10-15(12-18(17)22)25-20(23)13-24-19-9-5-4-8-16(19)14-6-2-1-3-7-14/h1-12H,13H2. The molecule has 0 aliphatic heterocycles. The molecule has 0 atom stereocenters. The van der Waals surface area contributed by atoms with E-state index in [0.717, 1.165) is 23.3 Å². The van der Waals surface area contributed by atoms with Crippen molar-refractivity contribution < 1.29 is 23.0 Å². The van der Waals surface area contributed by atoms with Crippen LogP contribution < -0.4 is 9.47 Å². The highest BCUT2D eigenvalue weighted by molar-refractivity contribution is 5.75. The topological polar surface area (TPSA) is 35.5 Å². The molecule has 5 heteroatoms. The van der Waals surface area contributed by atoms with Crippen molar-refractivity contribution in [2.24, 2.45) is 0 Å². The van der Waals surface area contributed by atoms with Crippen LogP contribution in [0.3, 0.4) is 0 Å². The van der Waals surface area contributed by atoms with E-state index < -0.39 is 17.6 Å². The fourth-order valence-corrected chi connectivity index (χ4v) is 2.29. The normalized spacial score (nSPS) is 10.3. The molecule has 0 aromatic heterocycles. The van der Waals surface area contributed by atoms with Gasteiger partial charge in [0.05, 0.1) is 0 Å². The van der Waals surface area contributed by atoms with E-state index in [-0.39, 0.29) is 12.4 Å². The van der Waals surface area contributed by atoms with Gasteiger partial charge in [-0.25, -0.2) is 13.6 Å². The Hall–Kier alpha value is -3.21. The second-order valence-electron chi connectivity index (χ2n) is 5.20. The van der Waals surface area contributed by atoms with Crippen molar-refractivity contribution in [2.75, 3.05) is 6.61 Å². The van der Waals surface area contributed by atoms with Gasteiger partial charge in [0.2, 0.25) is 0 Å². The zero-order valence-corrected chi connectivity index (χ0v) is 13.1. The molecule has 3 aromatic rings. The number of rotatable bonds is 5. The Bertz CT molecular complexity index is 879. The van der Waals surface area contributed by atoms with E-state index in [9.17, 15) is 13.6 Å². The Morgan fingerprint density at radius 3 is 2.32 bits per heavy atom. The summed E-state index contributed by atoms with van der Waals surface area (Å²) in [5, 5.41) is 0. The minimum atomic E-state index is -1.08. The zero-order valence-electron chi connectivity index (χ0n) is 13.1. The average molecular weight is 340 g/mol. The van der Waals surface area contributed by atoms with E-state index in [1.807, 2.05) is 42.5 Å². The fourth-order valence-electron chi connectivity index (χ4n) is 2.29. The maximum atomic E-state index is 13.1. The van der Waals surface area contributed by atoms with Crippen molar-refractivity contribution >= 4 is 5.97 Å². The maximum absolute atomic E-state index is 13.1. The Morgan fingerprint density at radius 1 is 0.840 bits per heavy atom. The van der Waals surface area contributed by atoms with Gasteiger partial charge in [-0.3, -0.25) is 0 Å². The molecule has 0 amide bonds. The van der Waals surface area contributed by atoms with Crippen molar-refractivity contribution in [3.05, 3.63) is 84.4 Å². The van der Waals surface area contributed by atoms with Gasteiger partial charge in [0.1, 0.15) is 11.5 Å². The highest BCUT2D eigenvalue weighted by Gasteiger charge is 2.11. The molecule has 0 heterocycles. The lowest BCUT2D eigenvalue weighted by Crippen LogP contribution is -2.18. The average Bonchev–Trinajstić information content (AvgIpc) is 2.64. The molecular formula is C20H14F2O3. The lowest BCUT2D eigenvalue weighted by Gasteiger charge is -2.11. The van der Waals surface area contributed by atoms with Crippen molar-refractivity contribution in [2.45, 2.75) is 0 Å². The summed E-state index contributed by atoms with van der Waals surface area (Å²) in [4.78, 5) is 11.9. The van der Waals surface area contributed by atoms with Crippen LogP contribution in [0.4, 0.5) is 8.78 Å². The number of carbonyl (C=O) groups excluding carboxylic acids is 1. The molecule has 25 heavy (non-hydrogen) atoms. The molecule has 0 aliphatic rings. The number of benzene rings is 3. The summed E-state index contributed by atoms with van der Waals surface area (Å²) < 4.78 is 36.5. The van der Waals surface area contributed by atoms with E-state index in [1.165, 1.54) is 6.07 Å². The Balaban J connectivity index is 1.67. The molecular weight excluding hydrogens is 326 g/mol. The van der Waals surface area contributed by atoms with E-state index in [2.05, 4.69) is 0 Å². The molecule has 0 saturated heterocycles. The monoisotopic (exact) mass is 340 g/mol. The van der Waals surface area contributed by atoms with Crippen LogP contribution in [0.25, 0.3) is 11.1 Å². The smallest absolute Gasteiger partial charge is 0.349 e. The first-order valence-corrected chi connectivity index (χ1v) is 7.56. The molecule has 0 saturated carbocycles. The molecule has 3 aromatic carbocycles. The fraction of sp³-hybridized carbons (Fsp3) is 0.0500. The predicted molar refractivity (Wildman–Crippen MR) is 89.4 cm³/mol. The molecule has 0 unspecified atom stereocenters. The lowest BCUT2D eigenvalue weighted by atomic mass is 10.1. The number of hydrogen-bond acceptors (Lipinski definition) is 3. The van der Waals surface area contributed by atoms with Crippen molar-refractivity contribution in [3.8, 4) is 22.6 Å². The summed E-state index contributed by atoms with van der Waals surface area (Å²) in [6, 6.07) is 19.8. The first kappa shape index (κ1) is 16.6. The summed E-state index contributed by atoms with van der Waals surface area (Å²) in [7, 11) is 0. The summed E-state index contributed by atoms with van der Waals surface area (Å²) in [5.74, 6) is -2.36. The first-order chi connectivity index (χ1) is 12.1. The van der Waals surface area contributed by atoms with Crippen LogP contribution in [0.2, 0.25) is 0 Å². The van der Waals surface area contributed by atoms with Crippen molar-refractivity contribution in [3.63, 3.8) is 0 Å². The SMILES string of the molecule is O=C(COc1ccccc1-c1ccccc1)Oc1ccc(F)c(F)c1. The highest BCUT2D eigenvalue weighted by atomic mass is 19.2. The summed E-state index contributed by atoms with van der Waals surface area (Å²) in [5.41, 5.74) is 1.79. The van der Waals surface area contributed by atoms with Gasteiger partial charge < -0.3 is 9.47 Å². The number of para-hydroxylation sites is 1. The van der Waals surface area contributed by atoms with Gasteiger partial charge in [-0.05, 0) is 23.8 Å². The number of esters is 1. The van der Waals surface area contributed by atoms with E-state index in [1.54, 1.807) is 12.1 Å². The van der Waals surface area contributed by atoms with E-state index >= 15 is 0 Å². The lowest BCUT2D eigenvalue weighted by molar-refractivity contribution is -0.136. The van der Waals surface area contributed by atoms with Crippen molar-refractivity contribution in [1.82, 2.24) is 0 Å². The van der Waals surface area contributed by atoms with Gasteiger partial charge in [-0.1, -0.05) is 48.5 Å². The van der Waals surface area contributed by atoms with E-state index in [0.29, 0.717) is 5.75 Å². The number of hydrogen-bond donors (Lipinski definition) is 0.